The molecule has 0 bridgehead atoms. The van der Waals surface area contributed by atoms with Crippen LogP contribution in [0.3, 0.4) is 0 Å². The molecule has 0 saturated heterocycles. The zero-order valence-electron chi connectivity index (χ0n) is 9.66. The van der Waals surface area contributed by atoms with Gasteiger partial charge >= 0.3 is 0 Å². The number of aromatic nitrogens is 1. The quantitative estimate of drug-likeness (QED) is 0.854. The highest BCUT2D eigenvalue weighted by Gasteiger charge is 2.07. The second-order valence-corrected chi connectivity index (χ2v) is 3.76. The number of oxazole rings is 1. The molecule has 0 fully saturated rings. The van der Waals surface area contributed by atoms with Gasteiger partial charge in [-0.05, 0) is 18.9 Å². The van der Waals surface area contributed by atoms with Gasteiger partial charge in [-0.3, -0.25) is 0 Å². The zero-order chi connectivity index (χ0) is 11.4. The molecule has 0 aliphatic rings. The molecule has 1 N–H and O–H groups in total. The van der Waals surface area contributed by atoms with Crippen LogP contribution in [0.5, 0.6) is 0 Å². The third kappa shape index (κ3) is 2.42. The first-order valence-electron chi connectivity index (χ1n) is 5.47. The summed E-state index contributed by atoms with van der Waals surface area (Å²) in [6.07, 6.45) is 1.88. The maximum atomic E-state index is 5.56. The van der Waals surface area contributed by atoms with Crippen LogP contribution in [-0.4, -0.2) is 12.0 Å². The molecule has 3 heteroatoms. The summed E-state index contributed by atoms with van der Waals surface area (Å²) in [5.74, 6) is 0.966. The fourth-order valence-electron chi connectivity index (χ4n) is 1.67. The summed E-state index contributed by atoms with van der Waals surface area (Å²) < 4.78 is 5.56. The van der Waals surface area contributed by atoms with Crippen molar-refractivity contribution in [3.63, 3.8) is 0 Å². The van der Waals surface area contributed by atoms with E-state index in [9.17, 15) is 0 Å². The van der Waals surface area contributed by atoms with Crippen LogP contribution in [0.15, 0.2) is 34.7 Å². The van der Waals surface area contributed by atoms with E-state index in [2.05, 4.69) is 34.6 Å². The summed E-state index contributed by atoms with van der Waals surface area (Å²) in [4.78, 5) is 4.26. The molecule has 0 aliphatic heterocycles. The van der Waals surface area contributed by atoms with Gasteiger partial charge in [0.1, 0.15) is 5.76 Å². The largest absolute Gasteiger partial charge is 0.428 e. The van der Waals surface area contributed by atoms with Crippen molar-refractivity contribution in [3.8, 4) is 0 Å². The molecular formula is C13H16N2O. The summed E-state index contributed by atoms with van der Waals surface area (Å²) >= 11 is 0. The van der Waals surface area contributed by atoms with Crippen LogP contribution in [0.25, 0.3) is 0 Å². The fraction of sp³-hybridized carbons (Fsp3) is 0.308. The van der Waals surface area contributed by atoms with Crippen molar-refractivity contribution < 1.29 is 4.42 Å². The van der Waals surface area contributed by atoms with Crippen LogP contribution in [-0.2, 0) is 12.8 Å². The first-order chi connectivity index (χ1) is 7.79. The van der Waals surface area contributed by atoms with Crippen LogP contribution < -0.4 is 5.32 Å². The Labute approximate surface area is 95.5 Å². The molecule has 0 saturated carbocycles. The van der Waals surface area contributed by atoms with Gasteiger partial charge in [0.2, 0.25) is 0 Å². The fourth-order valence-corrected chi connectivity index (χ4v) is 1.67. The van der Waals surface area contributed by atoms with E-state index >= 15 is 0 Å². The highest BCUT2D eigenvalue weighted by atomic mass is 16.4. The Kier molecular flexibility index (Phi) is 3.25. The summed E-state index contributed by atoms with van der Waals surface area (Å²) in [6, 6.07) is 11.0. The molecule has 1 aromatic carbocycles. The Balaban J connectivity index is 2.02. The second kappa shape index (κ2) is 4.84. The van der Waals surface area contributed by atoms with Gasteiger partial charge in [0.25, 0.3) is 6.01 Å². The first-order valence-corrected chi connectivity index (χ1v) is 5.47. The van der Waals surface area contributed by atoms with Gasteiger partial charge in [-0.1, -0.05) is 30.3 Å². The van der Waals surface area contributed by atoms with Crippen molar-refractivity contribution in [2.75, 3.05) is 12.4 Å². The van der Waals surface area contributed by atoms with Crippen LogP contribution in [0.2, 0.25) is 0 Å². The molecule has 3 nitrogen and oxygen atoms in total. The third-order valence-corrected chi connectivity index (χ3v) is 2.59. The number of anilines is 1. The highest BCUT2D eigenvalue weighted by molar-refractivity contribution is 5.25. The molecule has 0 spiro atoms. The van der Waals surface area contributed by atoms with E-state index in [1.165, 1.54) is 5.56 Å². The van der Waals surface area contributed by atoms with E-state index in [0.717, 1.165) is 24.3 Å². The van der Waals surface area contributed by atoms with Crippen LogP contribution in [0, 0.1) is 6.92 Å². The molecule has 0 atom stereocenters. The van der Waals surface area contributed by atoms with E-state index in [1.54, 1.807) is 0 Å². The van der Waals surface area contributed by atoms with Crippen LogP contribution >= 0.6 is 0 Å². The summed E-state index contributed by atoms with van der Waals surface area (Å²) in [6.45, 7) is 1.98. The first kappa shape index (κ1) is 10.7. The lowest BCUT2D eigenvalue weighted by molar-refractivity contribution is 0.516. The number of rotatable bonds is 4. The van der Waals surface area contributed by atoms with Crippen molar-refractivity contribution in [1.29, 1.82) is 0 Å². The average molecular weight is 216 g/mol. The molecule has 16 heavy (non-hydrogen) atoms. The Bertz CT molecular complexity index is 448. The van der Waals surface area contributed by atoms with Crippen molar-refractivity contribution >= 4 is 6.01 Å². The minimum absolute atomic E-state index is 0.598. The van der Waals surface area contributed by atoms with Gasteiger partial charge in [-0.25, -0.2) is 0 Å². The summed E-state index contributed by atoms with van der Waals surface area (Å²) in [7, 11) is 1.81. The van der Waals surface area contributed by atoms with Crippen molar-refractivity contribution in [3.05, 3.63) is 47.3 Å². The maximum Gasteiger partial charge on any atom is 0.294 e. The number of hydrogen-bond donors (Lipinski definition) is 1. The normalized spacial score (nSPS) is 10.4. The van der Waals surface area contributed by atoms with Gasteiger partial charge in [0.15, 0.2) is 0 Å². The Morgan fingerprint density at radius 3 is 2.56 bits per heavy atom. The maximum absolute atomic E-state index is 5.56. The molecule has 2 aromatic rings. The second-order valence-electron chi connectivity index (χ2n) is 3.76. The predicted octanol–water partition coefficient (Wildman–Crippen LogP) is 2.81. The van der Waals surface area contributed by atoms with Crippen LogP contribution in [0.4, 0.5) is 6.01 Å². The van der Waals surface area contributed by atoms with E-state index in [4.69, 9.17) is 4.42 Å². The lowest BCUT2D eigenvalue weighted by Gasteiger charge is -1.99. The molecule has 0 unspecified atom stereocenters. The zero-order valence-corrected chi connectivity index (χ0v) is 9.66. The summed E-state index contributed by atoms with van der Waals surface area (Å²) in [5, 5.41) is 2.91. The minimum Gasteiger partial charge on any atom is -0.428 e. The van der Waals surface area contributed by atoms with Crippen molar-refractivity contribution in [2.45, 2.75) is 19.8 Å². The van der Waals surface area contributed by atoms with Gasteiger partial charge in [-0.15, -0.1) is 0 Å². The number of aryl methyl sites for hydroxylation is 3. The Morgan fingerprint density at radius 2 is 1.94 bits per heavy atom. The number of nitrogens with one attached hydrogen (secondary N) is 1. The molecule has 0 radical (unpaired) electrons. The van der Waals surface area contributed by atoms with Gasteiger partial charge in [-0.2, -0.15) is 4.98 Å². The molecule has 84 valence electrons. The molecule has 1 aromatic heterocycles. The van der Waals surface area contributed by atoms with Gasteiger partial charge in [0, 0.05) is 13.5 Å². The minimum atomic E-state index is 0.598. The lowest BCUT2D eigenvalue weighted by atomic mass is 10.1. The highest BCUT2D eigenvalue weighted by Crippen LogP contribution is 2.16. The average Bonchev–Trinajstić information content (AvgIpc) is 2.69. The van der Waals surface area contributed by atoms with Crippen LogP contribution in [0.1, 0.15) is 17.0 Å². The smallest absolute Gasteiger partial charge is 0.294 e. The van der Waals surface area contributed by atoms with Crippen molar-refractivity contribution in [1.82, 2.24) is 4.98 Å². The summed E-state index contributed by atoms with van der Waals surface area (Å²) in [5.41, 5.74) is 2.30. The molecule has 1 heterocycles. The van der Waals surface area contributed by atoms with Crippen molar-refractivity contribution in [2.24, 2.45) is 0 Å². The Morgan fingerprint density at radius 1 is 1.19 bits per heavy atom. The lowest BCUT2D eigenvalue weighted by Crippen LogP contribution is -1.91. The van der Waals surface area contributed by atoms with E-state index in [1.807, 2.05) is 20.0 Å². The SMILES string of the molecule is CNc1nc(C)c(CCc2ccccc2)o1. The topological polar surface area (TPSA) is 38.1 Å². The number of benzene rings is 1. The predicted molar refractivity (Wildman–Crippen MR) is 64.6 cm³/mol. The molecule has 0 amide bonds. The third-order valence-electron chi connectivity index (χ3n) is 2.59. The number of nitrogens with zero attached hydrogens (tertiary/aromatic N) is 1. The van der Waals surface area contributed by atoms with E-state index < -0.39 is 0 Å². The van der Waals surface area contributed by atoms with E-state index in [0.29, 0.717) is 6.01 Å². The monoisotopic (exact) mass is 216 g/mol. The van der Waals surface area contributed by atoms with Gasteiger partial charge in [0.05, 0.1) is 5.69 Å². The standard InChI is InChI=1S/C13H16N2O/c1-10-12(16-13(14-2)15-10)9-8-11-6-4-3-5-7-11/h3-7H,8-9H2,1-2H3,(H,14,15). The van der Waals surface area contributed by atoms with E-state index in [-0.39, 0.29) is 0 Å². The number of hydrogen-bond acceptors (Lipinski definition) is 3. The molecule has 2 rings (SSSR count). The molecular weight excluding hydrogens is 200 g/mol. The van der Waals surface area contributed by atoms with Gasteiger partial charge < -0.3 is 9.73 Å². The Hall–Kier alpha value is -1.77. The molecule has 0 aliphatic carbocycles.